The van der Waals surface area contributed by atoms with Gasteiger partial charge in [0.2, 0.25) is 5.91 Å². The number of anilines is 1. The highest BCUT2D eigenvalue weighted by Crippen LogP contribution is 2.15. The molecular formula is C17H28N2O2. The average molecular weight is 292 g/mol. The third-order valence-corrected chi connectivity index (χ3v) is 3.61. The van der Waals surface area contributed by atoms with Gasteiger partial charge in [-0.15, -0.1) is 0 Å². The molecule has 21 heavy (non-hydrogen) atoms. The Labute approximate surface area is 128 Å². The number of carbonyl (C=O) groups is 1. The van der Waals surface area contributed by atoms with E-state index in [2.05, 4.69) is 17.6 Å². The van der Waals surface area contributed by atoms with E-state index in [-0.39, 0.29) is 18.1 Å². The lowest BCUT2D eigenvalue weighted by Gasteiger charge is -2.16. The molecule has 0 bridgehead atoms. The number of nitrogens with one attached hydrogen (secondary N) is 2. The molecule has 0 fully saturated rings. The maximum absolute atomic E-state index is 12.0. The van der Waals surface area contributed by atoms with Crippen LogP contribution in [0, 0.1) is 0 Å². The van der Waals surface area contributed by atoms with Crippen molar-refractivity contribution in [3.63, 3.8) is 0 Å². The first-order valence-electron chi connectivity index (χ1n) is 7.86. The van der Waals surface area contributed by atoms with Crippen LogP contribution in [0.25, 0.3) is 0 Å². The van der Waals surface area contributed by atoms with Gasteiger partial charge in [0, 0.05) is 18.2 Å². The van der Waals surface area contributed by atoms with Gasteiger partial charge < -0.3 is 15.7 Å². The quantitative estimate of drug-likeness (QED) is 0.656. The van der Waals surface area contributed by atoms with Gasteiger partial charge in [-0.05, 0) is 44.4 Å². The van der Waals surface area contributed by atoms with Crippen molar-refractivity contribution in [3.05, 3.63) is 29.8 Å². The lowest BCUT2D eigenvalue weighted by atomic mass is 10.1. The van der Waals surface area contributed by atoms with Crippen molar-refractivity contribution in [2.75, 3.05) is 11.9 Å². The molecule has 4 nitrogen and oxygen atoms in total. The zero-order valence-corrected chi connectivity index (χ0v) is 13.4. The summed E-state index contributed by atoms with van der Waals surface area (Å²) in [6.07, 6.45) is 2.57. The van der Waals surface area contributed by atoms with E-state index in [0.29, 0.717) is 6.42 Å². The minimum absolute atomic E-state index is 0.0203. The Balaban J connectivity index is 2.36. The molecule has 2 atom stereocenters. The van der Waals surface area contributed by atoms with Crippen molar-refractivity contribution < 1.29 is 9.90 Å². The van der Waals surface area contributed by atoms with Crippen LogP contribution < -0.4 is 10.6 Å². The Morgan fingerprint density at radius 3 is 2.67 bits per heavy atom. The second-order valence-corrected chi connectivity index (χ2v) is 5.47. The fraction of sp³-hybridized carbons (Fsp3) is 0.588. The molecule has 0 aliphatic heterocycles. The minimum atomic E-state index is -0.255. The maximum Gasteiger partial charge on any atom is 0.225 e. The van der Waals surface area contributed by atoms with E-state index >= 15 is 0 Å². The third kappa shape index (κ3) is 6.74. The normalized spacial score (nSPS) is 13.7. The maximum atomic E-state index is 12.0. The highest BCUT2D eigenvalue weighted by molar-refractivity contribution is 5.91. The third-order valence-electron chi connectivity index (χ3n) is 3.61. The summed E-state index contributed by atoms with van der Waals surface area (Å²) < 4.78 is 0. The molecule has 1 amide bonds. The summed E-state index contributed by atoms with van der Waals surface area (Å²) in [4.78, 5) is 12.0. The van der Waals surface area contributed by atoms with Crippen LogP contribution >= 0.6 is 0 Å². The molecule has 0 aliphatic carbocycles. The van der Waals surface area contributed by atoms with E-state index in [4.69, 9.17) is 0 Å². The number of aliphatic hydroxyl groups is 1. The molecule has 1 aromatic carbocycles. The van der Waals surface area contributed by atoms with E-state index in [1.807, 2.05) is 38.1 Å². The average Bonchev–Trinajstić information content (AvgIpc) is 2.47. The SMILES string of the molecule is CCc1ccccc1NC(=O)CC(C)NCCC(O)CC. The molecule has 0 aliphatic rings. The number of aryl methyl sites for hydroxylation is 1. The van der Waals surface area contributed by atoms with Crippen molar-refractivity contribution in [3.8, 4) is 0 Å². The zero-order chi connectivity index (χ0) is 15.7. The van der Waals surface area contributed by atoms with E-state index < -0.39 is 0 Å². The first-order valence-corrected chi connectivity index (χ1v) is 7.86. The number of carbonyl (C=O) groups excluding carboxylic acids is 1. The van der Waals surface area contributed by atoms with Gasteiger partial charge in [-0.2, -0.15) is 0 Å². The van der Waals surface area contributed by atoms with Crippen LogP contribution in [0.4, 0.5) is 5.69 Å². The molecule has 3 N–H and O–H groups in total. The fourth-order valence-corrected chi connectivity index (χ4v) is 2.20. The van der Waals surface area contributed by atoms with Crippen LogP contribution in [0.15, 0.2) is 24.3 Å². The van der Waals surface area contributed by atoms with Crippen LogP contribution in [0.1, 0.15) is 45.6 Å². The van der Waals surface area contributed by atoms with Gasteiger partial charge in [-0.1, -0.05) is 32.0 Å². The molecule has 0 radical (unpaired) electrons. The lowest BCUT2D eigenvalue weighted by molar-refractivity contribution is -0.116. The highest BCUT2D eigenvalue weighted by atomic mass is 16.3. The Morgan fingerprint density at radius 2 is 2.00 bits per heavy atom. The second kappa shape index (κ2) is 9.53. The Bertz CT molecular complexity index is 435. The minimum Gasteiger partial charge on any atom is -0.393 e. The van der Waals surface area contributed by atoms with Crippen molar-refractivity contribution in [2.24, 2.45) is 0 Å². The smallest absolute Gasteiger partial charge is 0.225 e. The topological polar surface area (TPSA) is 61.4 Å². The van der Waals surface area contributed by atoms with Gasteiger partial charge >= 0.3 is 0 Å². The number of amides is 1. The lowest BCUT2D eigenvalue weighted by Crippen LogP contribution is -2.32. The number of aliphatic hydroxyl groups excluding tert-OH is 1. The summed E-state index contributed by atoms with van der Waals surface area (Å²) in [5.41, 5.74) is 2.05. The van der Waals surface area contributed by atoms with Crippen molar-refractivity contribution in [2.45, 2.75) is 58.6 Å². The van der Waals surface area contributed by atoms with E-state index in [0.717, 1.165) is 37.1 Å². The first-order chi connectivity index (χ1) is 10.1. The number of hydrogen-bond donors (Lipinski definition) is 3. The molecule has 2 unspecified atom stereocenters. The number of hydrogen-bond acceptors (Lipinski definition) is 3. The summed E-state index contributed by atoms with van der Waals surface area (Å²) in [6.45, 7) is 6.76. The molecular weight excluding hydrogens is 264 g/mol. The summed E-state index contributed by atoms with van der Waals surface area (Å²) in [7, 11) is 0. The van der Waals surface area contributed by atoms with Gasteiger partial charge in [-0.3, -0.25) is 4.79 Å². The fourth-order valence-electron chi connectivity index (χ4n) is 2.20. The molecule has 4 heteroatoms. The summed E-state index contributed by atoms with van der Waals surface area (Å²) >= 11 is 0. The Kier molecular flexibility index (Phi) is 8.01. The standard InChI is InChI=1S/C17H28N2O2/c1-4-14-8-6-7-9-16(14)19-17(21)12-13(3)18-11-10-15(20)5-2/h6-9,13,15,18,20H,4-5,10-12H2,1-3H3,(H,19,21). The van der Waals surface area contributed by atoms with Crippen LogP contribution in [0.3, 0.4) is 0 Å². The molecule has 118 valence electrons. The van der Waals surface area contributed by atoms with Crippen LogP contribution in [-0.2, 0) is 11.2 Å². The van der Waals surface area contributed by atoms with Crippen LogP contribution in [0.2, 0.25) is 0 Å². The first kappa shape index (κ1) is 17.7. The van der Waals surface area contributed by atoms with Gasteiger partial charge in [-0.25, -0.2) is 0 Å². The summed E-state index contributed by atoms with van der Waals surface area (Å²) in [5.74, 6) is 0.0203. The monoisotopic (exact) mass is 292 g/mol. The van der Waals surface area contributed by atoms with Gasteiger partial charge in [0.1, 0.15) is 0 Å². The summed E-state index contributed by atoms with van der Waals surface area (Å²) in [6, 6.07) is 7.98. The van der Waals surface area contributed by atoms with Crippen LogP contribution in [-0.4, -0.2) is 29.7 Å². The van der Waals surface area contributed by atoms with E-state index in [9.17, 15) is 9.90 Å². The molecule has 1 rings (SSSR count). The number of para-hydroxylation sites is 1. The molecule has 0 heterocycles. The van der Waals surface area contributed by atoms with Crippen molar-refractivity contribution in [1.29, 1.82) is 0 Å². The Morgan fingerprint density at radius 1 is 1.29 bits per heavy atom. The molecule has 0 saturated heterocycles. The van der Waals surface area contributed by atoms with Crippen molar-refractivity contribution in [1.82, 2.24) is 5.32 Å². The highest BCUT2D eigenvalue weighted by Gasteiger charge is 2.10. The second-order valence-electron chi connectivity index (χ2n) is 5.47. The number of benzene rings is 1. The predicted octanol–water partition coefficient (Wildman–Crippen LogP) is 2.72. The predicted molar refractivity (Wildman–Crippen MR) is 87.4 cm³/mol. The van der Waals surface area contributed by atoms with Crippen molar-refractivity contribution >= 4 is 11.6 Å². The summed E-state index contributed by atoms with van der Waals surface area (Å²) in [5, 5.41) is 15.7. The molecule has 0 saturated carbocycles. The molecule has 0 spiro atoms. The van der Waals surface area contributed by atoms with Gasteiger partial charge in [0.15, 0.2) is 0 Å². The molecule has 1 aromatic rings. The van der Waals surface area contributed by atoms with E-state index in [1.165, 1.54) is 0 Å². The zero-order valence-electron chi connectivity index (χ0n) is 13.4. The molecule has 0 aromatic heterocycles. The van der Waals surface area contributed by atoms with Gasteiger partial charge in [0.05, 0.1) is 6.10 Å². The largest absolute Gasteiger partial charge is 0.393 e. The van der Waals surface area contributed by atoms with E-state index in [1.54, 1.807) is 0 Å². The Hall–Kier alpha value is -1.39. The number of rotatable bonds is 9. The van der Waals surface area contributed by atoms with Gasteiger partial charge in [0.25, 0.3) is 0 Å². The van der Waals surface area contributed by atoms with Crippen LogP contribution in [0.5, 0.6) is 0 Å².